The molecule has 1 saturated heterocycles. The van der Waals surface area contributed by atoms with Crippen LogP contribution in [0.2, 0.25) is 0 Å². The molecule has 0 unspecified atom stereocenters. The van der Waals surface area contributed by atoms with Gasteiger partial charge in [0, 0.05) is 36.3 Å². The largest absolute Gasteiger partial charge is 0.376 e. The number of carbonyl (C=O) groups excluding carboxylic acids is 2. The van der Waals surface area contributed by atoms with Crippen molar-refractivity contribution in [2.24, 2.45) is 17.1 Å². The number of hydrogen-bond acceptors (Lipinski definition) is 7. The average Bonchev–Trinajstić information content (AvgIpc) is 3.42. The number of fused-ring (bicyclic) bond motifs is 2. The van der Waals surface area contributed by atoms with Gasteiger partial charge in [-0.05, 0) is 43.4 Å². The monoisotopic (exact) mass is 494 g/mol. The molecule has 1 aromatic carbocycles. The minimum absolute atomic E-state index is 0.0957. The zero-order valence-electron chi connectivity index (χ0n) is 20.4. The molecule has 4 aromatic rings. The number of aromatic nitrogens is 4. The Morgan fingerprint density at radius 1 is 1.27 bits per heavy atom. The maximum absolute atomic E-state index is 13.0. The number of nitrogens with zero attached hydrogens (tertiary/aromatic N) is 6. The molecule has 37 heavy (non-hydrogen) atoms. The predicted octanol–water partition coefficient (Wildman–Crippen LogP) is 3.00. The quantitative estimate of drug-likeness (QED) is 0.419. The lowest BCUT2D eigenvalue weighted by atomic mass is 10.0. The molecule has 6 rings (SSSR count). The van der Waals surface area contributed by atoms with Crippen LogP contribution in [0.25, 0.3) is 27.8 Å². The molecule has 1 aliphatic heterocycles. The molecule has 2 aliphatic rings. The highest BCUT2D eigenvalue weighted by atomic mass is 16.2. The van der Waals surface area contributed by atoms with Gasteiger partial charge in [-0.3, -0.25) is 14.6 Å². The number of anilines is 1. The van der Waals surface area contributed by atoms with E-state index in [9.17, 15) is 14.9 Å². The summed E-state index contributed by atoms with van der Waals surface area (Å²) in [6, 6.07) is 11.9. The van der Waals surface area contributed by atoms with E-state index in [2.05, 4.69) is 28.4 Å². The second kappa shape index (κ2) is 8.55. The molecule has 3 aromatic heterocycles. The lowest BCUT2D eigenvalue weighted by molar-refractivity contribution is -0.134. The zero-order valence-corrected chi connectivity index (χ0v) is 20.4. The maximum atomic E-state index is 13.0. The first-order chi connectivity index (χ1) is 17.9. The van der Waals surface area contributed by atoms with E-state index in [1.54, 1.807) is 15.6 Å². The third-order valence-electron chi connectivity index (χ3n) is 7.61. The maximum Gasteiger partial charge on any atom is 0.252 e. The number of pyridine rings is 1. The van der Waals surface area contributed by atoms with Crippen molar-refractivity contribution in [2.75, 3.05) is 18.4 Å². The molecule has 2 atom stereocenters. The van der Waals surface area contributed by atoms with Crippen LogP contribution in [-0.4, -0.2) is 55.4 Å². The SMILES string of the molecule is CC[C@H]1CN(C(=O)C2(C#N)CC2)C[C@H]1Nc1c(C(N)=O)cnn2cc(-c3ccc4ncccc4c3)nc12. The number of nitrogens with one attached hydrogen (secondary N) is 1. The van der Waals surface area contributed by atoms with Gasteiger partial charge in [-0.15, -0.1) is 0 Å². The highest BCUT2D eigenvalue weighted by molar-refractivity contribution is 6.01. The van der Waals surface area contributed by atoms with Gasteiger partial charge in [0.05, 0.1) is 40.9 Å². The second-order valence-corrected chi connectivity index (χ2v) is 9.93. The van der Waals surface area contributed by atoms with Crippen LogP contribution in [0.3, 0.4) is 0 Å². The summed E-state index contributed by atoms with van der Waals surface area (Å²) in [6.45, 7) is 3.08. The Bertz CT molecular complexity index is 1600. The van der Waals surface area contributed by atoms with Gasteiger partial charge in [0.25, 0.3) is 5.91 Å². The van der Waals surface area contributed by atoms with E-state index in [0.717, 1.165) is 22.9 Å². The van der Waals surface area contributed by atoms with Gasteiger partial charge in [0.2, 0.25) is 5.91 Å². The highest BCUT2D eigenvalue weighted by Gasteiger charge is 2.54. The Balaban J connectivity index is 1.36. The van der Waals surface area contributed by atoms with Crippen LogP contribution in [0.15, 0.2) is 48.9 Å². The van der Waals surface area contributed by atoms with E-state index < -0.39 is 11.3 Å². The van der Waals surface area contributed by atoms with Crippen molar-refractivity contribution in [2.45, 2.75) is 32.2 Å². The summed E-state index contributed by atoms with van der Waals surface area (Å²) in [4.78, 5) is 36.4. The summed E-state index contributed by atoms with van der Waals surface area (Å²) in [7, 11) is 0. The smallest absolute Gasteiger partial charge is 0.252 e. The van der Waals surface area contributed by atoms with E-state index in [0.29, 0.717) is 43.0 Å². The Hall–Kier alpha value is -4.52. The van der Waals surface area contributed by atoms with Crippen molar-refractivity contribution >= 4 is 34.1 Å². The molecular weight excluding hydrogens is 468 g/mol. The van der Waals surface area contributed by atoms with E-state index >= 15 is 0 Å². The molecule has 10 heteroatoms. The fourth-order valence-corrected chi connectivity index (χ4v) is 5.24. The Morgan fingerprint density at radius 2 is 2.11 bits per heavy atom. The summed E-state index contributed by atoms with van der Waals surface area (Å²) in [5.41, 5.74) is 8.56. The number of benzene rings is 1. The first kappa shape index (κ1) is 22.9. The number of rotatable bonds is 6. The molecule has 2 amide bonds. The van der Waals surface area contributed by atoms with Gasteiger partial charge in [-0.2, -0.15) is 10.4 Å². The van der Waals surface area contributed by atoms with Crippen LogP contribution >= 0.6 is 0 Å². The molecule has 0 bridgehead atoms. The van der Waals surface area contributed by atoms with Gasteiger partial charge in [-0.25, -0.2) is 9.50 Å². The molecule has 186 valence electrons. The first-order valence-electron chi connectivity index (χ1n) is 12.4. The van der Waals surface area contributed by atoms with Crippen molar-refractivity contribution in [1.29, 1.82) is 5.26 Å². The van der Waals surface area contributed by atoms with Gasteiger partial charge in [0.1, 0.15) is 5.41 Å². The Morgan fingerprint density at radius 3 is 2.84 bits per heavy atom. The number of hydrogen-bond donors (Lipinski definition) is 2. The topological polar surface area (TPSA) is 142 Å². The number of likely N-dealkylation sites (tertiary alicyclic amines) is 1. The average molecular weight is 495 g/mol. The molecule has 2 fully saturated rings. The Kier molecular flexibility index (Phi) is 5.30. The number of nitriles is 1. The van der Waals surface area contributed by atoms with Crippen LogP contribution in [0.4, 0.5) is 5.69 Å². The molecule has 1 aliphatic carbocycles. The van der Waals surface area contributed by atoms with Crippen LogP contribution < -0.4 is 11.1 Å². The van der Waals surface area contributed by atoms with Gasteiger partial charge in [-0.1, -0.05) is 19.1 Å². The fourth-order valence-electron chi connectivity index (χ4n) is 5.24. The van der Waals surface area contributed by atoms with Crippen molar-refractivity contribution in [1.82, 2.24) is 24.5 Å². The Labute approximate surface area is 213 Å². The standard InChI is InChI=1S/C27H26N8O2/c1-2-16-12-34(26(37)27(15-28)7-8-27)13-21(16)32-23-19(24(29)36)11-31-35-14-22(33-25(23)35)18-5-6-20-17(10-18)4-3-9-30-20/h3-6,9-11,14,16,21,32H,2,7-8,12-13H2,1H3,(H2,29,36)/t16-,21+/m0/s1. The van der Waals surface area contributed by atoms with E-state index in [1.165, 1.54) is 6.20 Å². The van der Waals surface area contributed by atoms with E-state index in [1.807, 2.05) is 36.5 Å². The van der Waals surface area contributed by atoms with Crippen molar-refractivity contribution in [3.05, 3.63) is 54.5 Å². The molecule has 4 heterocycles. The molecule has 1 saturated carbocycles. The number of amides is 2. The van der Waals surface area contributed by atoms with Crippen LogP contribution in [0.1, 0.15) is 36.5 Å². The second-order valence-electron chi connectivity index (χ2n) is 9.93. The van der Waals surface area contributed by atoms with Gasteiger partial charge < -0.3 is 16.0 Å². The minimum atomic E-state index is -0.858. The lowest BCUT2D eigenvalue weighted by Gasteiger charge is -2.21. The number of nitrogens with two attached hydrogens (primary N) is 1. The summed E-state index contributed by atoms with van der Waals surface area (Å²) < 4.78 is 1.63. The van der Waals surface area contributed by atoms with Crippen LogP contribution in [-0.2, 0) is 4.79 Å². The van der Waals surface area contributed by atoms with Gasteiger partial charge in [0.15, 0.2) is 5.65 Å². The number of carbonyl (C=O) groups is 2. The summed E-state index contributed by atoms with van der Waals surface area (Å²) in [6.07, 6.45) is 7.08. The normalized spacial score (nSPS) is 20.2. The number of primary amides is 1. The van der Waals surface area contributed by atoms with Gasteiger partial charge >= 0.3 is 0 Å². The van der Waals surface area contributed by atoms with E-state index in [-0.39, 0.29) is 23.4 Å². The van der Waals surface area contributed by atoms with Crippen LogP contribution in [0.5, 0.6) is 0 Å². The lowest BCUT2D eigenvalue weighted by Crippen LogP contribution is -2.36. The molecule has 3 N–H and O–H groups in total. The molecular formula is C27H26N8O2. The van der Waals surface area contributed by atoms with E-state index in [4.69, 9.17) is 10.7 Å². The predicted molar refractivity (Wildman–Crippen MR) is 137 cm³/mol. The summed E-state index contributed by atoms with van der Waals surface area (Å²) in [5, 5.41) is 18.4. The zero-order chi connectivity index (χ0) is 25.7. The third kappa shape index (κ3) is 3.83. The minimum Gasteiger partial charge on any atom is -0.376 e. The highest BCUT2D eigenvalue weighted by Crippen LogP contribution is 2.47. The third-order valence-corrected chi connectivity index (χ3v) is 7.61. The molecule has 0 spiro atoms. The fraction of sp³-hybridized carbons (Fsp3) is 0.333. The van der Waals surface area contributed by atoms with Crippen molar-refractivity contribution in [3.8, 4) is 17.3 Å². The molecule has 10 nitrogen and oxygen atoms in total. The molecule has 0 radical (unpaired) electrons. The first-order valence-corrected chi connectivity index (χ1v) is 12.4. The number of imidazole rings is 1. The van der Waals surface area contributed by atoms with Crippen LogP contribution in [0, 0.1) is 22.7 Å². The summed E-state index contributed by atoms with van der Waals surface area (Å²) >= 11 is 0. The van der Waals surface area contributed by atoms with Crippen molar-refractivity contribution < 1.29 is 9.59 Å². The summed E-state index contributed by atoms with van der Waals surface area (Å²) in [5.74, 6) is -0.560. The van der Waals surface area contributed by atoms with Crippen molar-refractivity contribution in [3.63, 3.8) is 0 Å².